The van der Waals surface area contributed by atoms with Gasteiger partial charge in [-0.1, -0.05) is 0 Å². The molecular formula is C9H15N3O4S2. The number of nitrogens with zero attached hydrogens (tertiary/aromatic N) is 1. The summed E-state index contributed by atoms with van der Waals surface area (Å²) in [6.07, 6.45) is 2.33. The van der Waals surface area contributed by atoms with Crippen LogP contribution in [-0.2, 0) is 19.9 Å². The van der Waals surface area contributed by atoms with Crippen LogP contribution in [0.2, 0.25) is 0 Å². The van der Waals surface area contributed by atoms with E-state index in [4.69, 9.17) is 5.73 Å². The highest BCUT2D eigenvalue weighted by Crippen LogP contribution is 2.14. The third-order valence-corrected chi connectivity index (χ3v) is 4.63. The second kappa shape index (κ2) is 5.21. The van der Waals surface area contributed by atoms with Crippen molar-refractivity contribution in [3.05, 3.63) is 18.3 Å². The van der Waals surface area contributed by atoms with Crippen molar-refractivity contribution >= 4 is 25.5 Å². The van der Waals surface area contributed by atoms with Crippen LogP contribution in [-0.4, -0.2) is 39.9 Å². The number of nitrogen functional groups attached to an aromatic ring is 1. The zero-order valence-electron chi connectivity index (χ0n) is 9.99. The van der Waals surface area contributed by atoms with Gasteiger partial charge in [0.15, 0.2) is 5.03 Å². The summed E-state index contributed by atoms with van der Waals surface area (Å²) in [6.45, 7) is 1.46. The van der Waals surface area contributed by atoms with Gasteiger partial charge in [-0.2, -0.15) is 0 Å². The Morgan fingerprint density at radius 3 is 2.50 bits per heavy atom. The molecule has 1 aromatic rings. The summed E-state index contributed by atoms with van der Waals surface area (Å²) in [4.78, 5) is 3.67. The fraction of sp³-hybridized carbons (Fsp3) is 0.444. The average Bonchev–Trinajstić information content (AvgIpc) is 2.13. The molecule has 0 aliphatic rings. The Bertz CT molecular complexity index is 625. The lowest BCUT2D eigenvalue weighted by atomic mass is 10.4. The molecule has 1 unspecified atom stereocenters. The van der Waals surface area contributed by atoms with Crippen molar-refractivity contribution < 1.29 is 16.8 Å². The number of nitrogens with two attached hydrogens (primary N) is 1. The quantitative estimate of drug-likeness (QED) is 0.746. The highest BCUT2D eigenvalue weighted by Gasteiger charge is 2.22. The van der Waals surface area contributed by atoms with Gasteiger partial charge in [0.1, 0.15) is 9.84 Å². The maximum absolute atomic E-state index is 11.9. The number of rotatable bonds is 5. The fourth-order valence-electron chi connectivity index (χ4n) is 1.44. The number of pyridine rings is 1. The van der Waals surface area contributed by atoms with Gasteiger partial charge in [0, 0.05) is 18.5 Å². The minimum Gasteiger partial charge on any atom is -0.396 e. The van der Waals surface area contributed by atoms with Gasteiger partial charge in [0.2, 0.25) is 0 Å². The molecule has 18 heavy (non-hydrogen) atoms. The van der Waals surface area contributed by atoms with Gasteiger partial charge >= 0.3 is 0 Å². The van der Waals surface area contributed by atoms with E-state index in [0.717, 1.165) is 6.26 Å². The van der Waals surface area contributed by atoms with E-state index >= 15 is 0 Å². The monoisotopic (exact) mass is 293 g/mol. The Hall–Kier alpha value is -1.19. The SMILES string of the molecule is CC(CS(C)(=O)=O)NS(=O)(=O)c1ncccc1N. The molecule has 0 saturated carbocycles. The molecular weight excluding hydrogens is 278 g/mol. The van der Waals surface area contributed by atoms with E-state index in [1.165, 1.54) is 25.3 Å². The van der Waals surface area contributed by atoms with Gasteiger partial charge in [0.25, 0.3) is 10.0 Å². The molecule has 3 N–H and O–H groups in total. The first-order chi connectivity index (χ1) is 8.12. The largest absolute Gasteiger partial charge is 0.396 e. The van der Waals surface area contributed by atoms with E-state index in [-0.39, 0.29) is 16.5 Å². The number of hydrogen-bond acceptors (Lipinski definition) is 6. The van der Waals surface area contributed by atoms with Gasteiger partial charge in [-0.3, -0.25) is 0 Å². The first-order valence-electron chi connectivity index (χ1n) is 5.02. The molecule has 1 atom stereocenters. The van der Waals surface area contributed by atoms with Crippen LogP contribution in [0.1, 0.15) is 6.92 Å². The van der Waals surface area contributed by atoms with Gasteiger partial charge in [-0.25, -0.2) is 26.5 Å². The summed E-state index contributed by atoms with van der Waals surface area (Å²) in [7, 11) is -7.18. The van der Waals surface area contributed by atoms with Gasteiger partial charge in [-0.15, -0.1) is 0 Å². The molecule has 0 aromatic carbocycles. The fourth-order valence-corrected chi connectivity index (χ4v) is 3.84. The lowest BCUT2D eigenvalue weighted by molar-refractivity contribution is 0.562. The van der Waals surface area contributed by atoms with Crippen molar-refractivity contribution in [1.82, 2.24) is 9.71 Å². The zero-order valence-corrected chi connectivity index (χ0v) is 11.6. The van der Waals surface area contributed by atoms with Crippen LogP contribution in [0.4, 0.5) is 5.69 Å². The van der Waals surface area contributed by atoms with Crippen LogP contribution in [0.25, 0.3) is 0 Å². The predicted octanol–water partition coefficient (Wildman–Crippen LogP) is -0.625. The molecule has 102 valence electrons. The molecule has 0 amide bonds. The lowest BCUT2D eigenvalue weighted by Gasteiger charge is -2.13. The molecule has 1 rings (SSSR count). The Morgan fingerprint density at radius 2 is 2.00 bits per heavy atom. The topological polar surface area (TPSA) is 119 Å². The Morgan fingerprint density at radius 1 is 1.39 bits per heavy atom. The minimum absolute atomic E-state index is 0.0107. The smallest absolute Gasteiger partial charge is 0.260 e. The lowest BCUT2D eigenvalue weighted by Crippen LogP contribution is -2.37. The van der Waals surface area contributed by atoms with Crippen molar-refractivity contribution in [3.8, 4) is 0 Å². The molecule has 0 spiro atoms. The van der Waals surface area contributed by atoms with Crippen molar-refractivity contribution in [2.45, 2.75) is 18.0 Å². The van der Waals surface area contributed by atoms with Gasteiger partial charge < -0.3 is 5.73 Å². The van der Waals surface area contributed by atoms with Crippen LogP contribution >= 0.6 is 0 Å². The van der Waals surface area contributed by atoms with E-state index < -0.39 is 25.9 Å². The molecule has 0 aliphatic heterocycles. The summed E-state index contributed by atoms with van der Waals surface area (Å²) in [5, 5.41) is -0.301. The average molecular weight is 293 g/mol. The first-order valence-corrected chi connectivity index (χ1v) is 8.57. The number of nitrogens with one attached hydrogen (secondary N) is 1. The van der Waals surface area contributed by atoms with Crippen molar-refractivity contribution in [1.29, 1.82) is 0 Å². The summed E-state index contributed by atoms with van der Waals surface area (Å²) in [5.74, 6) is -0.293. The van der Waals surface area contributed by atoms with Crippen LogP contribution < -0.4 is 10.5 Å². The summed E-state index contributed by atoms with van der Waals surface area (Å²) in [5.41, 5.74) is 5.52. The van der Waals surface area contributed by atoms with Crippen molar-refractivity contribution in [2.75, 3.05) is 17.7 Å². The third-order valence-electron chi connectivity index (χ3n) is 1.96. The summed E-state index contributed by atoms with van der Waals surface area (Å²) in [6, 6.07) is 2.16. The number of sulfonamides is 1. The van der Waals surface area contributed by atoms with E-state index in [0.29, 0.717) is 0 Å². The number of aromatic nitrogens is 1. The predicted molar refractivity (Wildman–Crippen MR) is 68.1 cm³/mol. The van der Waals surface area contributed by atoms with Gasteiger partial charge in [0.05, 0.1) is 11.4 Å². The minimum atomic E-state index is -3.91. The standard InChI is InChI=1S/C9H15N3O4S2/c1-7(6-17(2,13)14)12-18(15,16)9-8(10)4-3-5-11-9/h3-5,7,12H,6,10H2,1-2H3. The molecule has 0 bridgehead atoms. The molecule has 0 aliphatic carbocycles. The van der Waals surface area contributed by atoms with E-state index in [2.05, 4.69) is 9.71 Å². The molecule has 1 heterocycles. The Kier molecular flexibility index (Phi) is 4.30. The highest BCUT2D eigenvalue weighted by molar-refractivity contribution is 7.91. The number of anilines is 1. The normalized spacial score (nSPS) is 14.3. The van der Waals surface area contributed by atoms with E-state index in [1.807, 2.05) is 0 Å². The van der Waals surface area contributed by atoms with Crippen LogP contribution in [0.5, 0.6) is 0 Å². The molecule has 7 nitrogen and oxygen atoms in total. The van der Waals surface area contributed by atoms with Crippen LogP contribution in [0.3, 0.4) is 0 Å². The molecule has 0 fully saturated rings. The zero-order chi connectivity index (χ0) is 14.0. The maximum Gasteiger partial charge on any atom is 0.260 e. The second-order valence-corrected chi connectivity index (χ2v) is 7.83. The number of sulfone groups is 1. The highest BCUT2D eigenvalue weighted by atomic mass is 32.2. The second-order valence-electron chi connectivity index (χ2n) is 4.01. The van der Waals surface area contributed by atoms with E-state index in [1.54, 1.807) is 0 Å². The molecule has 0 radical (unpaired) electrons. The molecule has 0 saturated heterocycles. The Labute approximate surface area is 106 Å². The molecule has 9 heteroatoms. The van der Waals surface area contributed by atoms with Crippen molar-refractivity contribution in [2.24, 2.45) is 0 Å². The summed E-state index contributed by atoms with van der Waals surface area (Å²) >= 11 is 0. The third kappa shape index (κ3) is 4.24. The van der Waals surface area contributed by atoms with Crippen LogP contribution in [0.15, 0.2) is 23.4 Å². The van der Waals surface area contributed by atoms with Crippen molar-refractivity contribution in [3.63, 3.8) is 0 Å². The summed E-state index contributed by atoms with van der Waals surface area (Å²) < 4.78 is 48.1. The van der Waals surface area contributed by atoms with Gasteiger partial charge in [-0.05, 0) is 19.1 Å². The number of hydrogen-bond donors (Lipinski definition) is 2. The van der Waals surface area contributed by atoms with Crippen LogP contribution in [0, 0.1) is 0 Å². The maximum atomic E-state index is 11.9. The van der Waals surface area contributed by atoms with E-state index in [9.17, 15) is 16.8 Å². The molecule has 1 aromatic heterocycles. The Balaban J connectivity index is 2.93. The first kappa shape index (κ1) is 14.9.